The van der Waals surface area contributed by atoms with E-state index >= 15 is 0 Å². The summed E-state index contributed by atoms with van der Waals surface area (Å²) < 4.78 is 25.9. The minimum Gasteiger partial charge on any atom is -0.493 e. The van der Waals surface area contributed by atoms with Crippen LogP contribution in [0.25, 0.3) is 11.1 Å². The average molecular weight is 1400 g/mol. The summed E-state index contributed by atoms with van der Waals surface area (Å²) in [5.74, 6) is 0.391. The van der Waals surface area contributed by atoms with Gasteiger partial charge >= 0.3 is 0 Å². The number of carbonyl (C=O) groups excluding carboxylic acids is 3. The fourth-order valence-corrected chi connectivity index (χ4v) is 15.9. The second-order valence-corrected chi connectivity index (χ2v) is 30.2. The number of fused-ring (bicyclic) bond motifs is 5. The van der Waals surface area contributed by atoms with E-state index in [1.54, 1.807) is 12.1 Å². The van der Waals surface area contributed by atoms with Gasteiger partial charge in [0.25, 0.3) is 0 Å². The Morgan fingerprint density at radius 3 is 1.71 bits per heavy atom. The van der Waals surface area contributed by atoms with Gasteiger partial charge < -0.3 is 34.5 Å². The van der Waals surface area contributed by atoms with Crippen molar-refractivity contribution < 1.29 is 37.9 Å². The maximum absolute atomic E-state index is 13.6. The lowest BCUT2D eigenvalue weighted by Crippen LogP contribution is -2.28. The van der Waals surface area contributed by atoms with Crippen LogP contribution in [0.1, 0.15) is 319 Å². The quantitative estimate of drug-likeness (QED) is 0.0169. The number of benzene rings is 3. The number of unbranched alkanes of at least 4 members (excludes halogenated alkanes) is 30. The highest BCUT2D eigenvalue weighted by Crippen LogP contribution is 2.53. The number of allylic oxidation sites excluding steroid dienone is 4. The second-order valence-electron chi connectivity index (χ2n) is 30.2. The van der Waals surface area contributed by atoms with E-state index < -0.39 is 6.04 Å². The predicted octanol–water partition coefficient (Wildman–Crippen LogP) is 20.9. The molecule has 1 atom stereocenters. The Kier molecular flexibility index (Phi) is 35.2. The fraction of sp³-hybridized carbons (Fsp3) is 0.614. The SMILES string of the molecule is CCCCCCCCCCCCCCCCCCCCCC[N+]1=C(/C=C\C=C2/N(CCCCCCCCCCCCCC)c3cc(CNC(=O)CCCC(=O)N/N=C/c4c5c(c(OC)c(OC)c4OC)-c4ccc(OC)c(=O)cc4C(NC(C)=O)CC5)ccc3C2(C)C)C(C)(C)c2ccccc21. The highest BCUT2D eigenvalue weighted by Gasteiger charge is 2.44. The van der Waals surface area contributed by atoms with Gasteiger partial charge in [0.2, 0.25) is 34.6 Å². The molecule has 3 amide bonds. The zero-order chi connectivity index (χ0) is 73.1. The van der Waals surface area contributed by atoms with Gasteiger partial charge in [-0.25, -0.2) is 5.43 Å². The van der Waals surface area contributed by atoms with E-state index in [0.29, 0.717) is 59.6 Å². The third-order valence-corrected chi connectivity index (χ3v) is 21.7. The first-order valence-corrected chi connectivity index (χ1v) is 40.0. The standard InChI is InChI=1S/C88H130N6O8/c1-12-14-16-18-20-22-24-26-27-28-29-30-31-32-33-35-36-38-40-44-60-93-75-49-43-42-48-72(75)87(4,5)79(93)50-46-51-80-88(6,7)73-57-54-67(62-76(73)94(80)61-45-41-39-37-34-25-23-21-19-17-15-13-2)64-89-81(97)52-47-53-82(98)92-90-65-71-69-55-58-74(91-66(3)95)70-63-77(96)78(99-8)59-56-68(70)83(69)85(101-10)86(102-11)84(71)100-9/h42-43,46,48-51,54,56-57,59,62-63,65,74H,12-41,44-45,47,52-53,55,58,60-61,64H2,1-11H3,(H2-,89,91,92,95,97,98)/p+1/b90-65+. The van der Waals surface area contributed by atoms with Crippen LogP contribution in [0, 0.1) is 0 Å². The lowest BCUT2D eigenvalue weighted by molar-refractivity contribution is -0.438. The van der Waals surface area contributed by atoms with Gasteiger partial charge in [0.15, 0.2) is 23.0 Å². The topological polar surface area (TPSA) is 160 Å². The first-order valence-electron chi connectivity index (χ1n) is 40.0. The largest absolute Gasteiger partial charge is 0.493 e. The maximum Gasteiger partial charge on any atom is 0.240 e. The van der Waals surface area contributed by atoms with Crippen LogP contribution in [0.15, 0.2) is 94.5 Å². The van der Waals surface area contributed by atoms with Crippen LogP contribution >= 0.6 is 0 Å². The molecule has 3 N–H and O–H groups in total. The van der Waals surface area contributed by atoms with E-state index in [2.05, 4.69) is 133 Å². The Balaban J connectivity index is 0.964. The number of nitrogens with zero attached hydrogens (tertiary/aromatic N) is 3. The Bertz CT molecular complexity index is 3490. The van der Waals surface area contributed by atoms with Crippen LogP contribution in [0.4, 0.5) is 11.4 Å². The first-order chi connectivity index (χ1) is 49.5. The van der Waals surface area contributed by atoms with E-state index in [-0.39, 0.29) is 58.3 Å². The zero-order valence-electron chi connectivity index (χ0n) is 65.1. The molecule has 4 aromatic rings. The van der Waals surface area contributed by atoms with Crippen molar-refractivity contribution in [3.05, 3.63) is 128 Å². The number of carbonyl (C=O) groups is 3. The zero-order valence-corrected chi connectivity index (χ0v) is 65.1. The summed E-state index contributed by atoms with van der Waals surface area (Å²) in [6, 6.07) is 20.1. The summed E-state index contributed by atoms with van der Waals surface area (Å²) >= 11 is 0. The summed E-state index contributed by atoms with van der Waals surface area (Å²) in [5.41, 5.74) is 14.0. The maximum atomic E-state index is 13.6. The molecule has 3 aliphatic rings. The Hall–Kier alpha value is -7.22. The molecular weight excluding hydrogens is 1270 g/mol. The molecule has 1 unspecified atom stereocenters. The monoisotopic (exact) mass is 1400 g/mol. The van der Waals surface area contributed by atoms with Crippen molar-refractivity contribution in [2.45, 2.75) is 309 Å². The van der Waals surface area contributed by atoms with E-state index in [4.69, 9.17) is 18.9 Å². The molecule has 0 spiro atoms. The molecule has 14 nitrogen and oxygen atoms in total. The molecule has 2 aliphatic heterocycles. The molecule has 2 heterocycles. The lowest BCUT2D eigenvalue weighted by atomic mass is 9.81. The molecule has 0 bridgehead atoms. The summed E-state index contributed by atoms with van der Waals surface area (Å²) in [6.45, 7) is 17.9. The van der Waals surface area contributed by atoms with Gasteiger partial charge in [-0.15, -0.1) is 0 Å². The van der Waals surface area contributed by atoms with Gasteiger partial charge in [-0.2, -0.15) is 9.68 Å². The number of hydrogen-bond donors (Lipinski definition) is 3. The number of ether oxygens (including phenoxy) is 4. The van der Waals surface area contributed by atoms with Gasteiger partial charge in [-0.05, 0) is 98.0 Å². The van der Waals surface area contributed by atoms with Crippen LogP contribution in [-0.4, -0.2) is 75.8 Å². The summed E-state index contributed by atoms with van der Waals surface area (Å²) in [4.78, 5) is 55.4. The number of hydrogen-bond acceptors (Lipinski definition) is 10. The highest BCUT2D eigenvalue weighted by atomic mass is 16.5. The van der Waals surface area contributed by atoms with E-state index in [9.17, 15) is 19.2 Å². The number of anilines is 1. The van der Waals surface area contributed by atoms with Crippen LogP contribution in [0.5, 0.6) is 23.0 Å². The van der Waals surface area contributed by atoms with Crippen LogP contribution in [-0.2, 0) is 38.2 Å². The van der Waals surface area contributed by atoms with Crippen molar-refractivity contribution in [3.63, 3.8) is 0 Å². The molecule has 0 fully saturated rings. The molecule has 560 valence electrons. The fourth-order valence-electron chi connectivity index (χ4n) is 15.9. The molecule has 7 rings (SSSR count). The van der Waals surface area contributed by atoms with Crippen molar-refractivity contribution in [1.29, 1.82) is 0 Å². The van der Waals surface area contributed by atoms with E-state index in [1.165, 1.54) is 281 Å². The van der Waals surface area contributed by atoms with Crippen molar-refractivity contribution in [3.8, 4) is 34.1 Å². The molecule has 102 heavy (non-hydrogen) atoms. The smallest absolute Gasteiger partial charge is 0.240 e. The van der Waals surface area contributed by atoms with Crippen LogP contribution in [0.2, 0.25) is 0 Å². The minimum atomic E-state index is -0.527. The molecule has 0 aromatic heterocycles. The number of methoxy groups -OCH3 is 4. The number of para-hydroxylation sites is 1. The molecule has 4 aromatic carbocycles. The van der Waals surface area contributed by atoms with Crippen LogP contribution in [0.3, 0.4) is 0 Å². The number of nitrogens with one attached hydrogen (secondary N) is 3. The summed E-state index contributed by atoms with van der Waals surface area (Å²) in [5, 5.41) is 10.6. The Labute approximate surface area is 615 Å². The number of amides is 3. The van der Waals surface area contributed by atoms with Crippen LogP contribution < -0.4 is 45.3 Å². The Morgan fingerprint density at radius 1 is 0.598 bits per heavy atom. The van der Waals surface area contributed by atoms with Crippen molar-refractivity contribution in [2.75, 3.05) is 46.4 Å². The molecule has 0 saturated carbocycles. The molecule has 0 saturated heterocycles. The minimum absolute atomic E-state index is 0.0699. The molecule has 0 radical (unpaired) electrons. The van der Waals surface area contributed by atoms with Crippen molar-refractivity contribution >= 4 is 41.0 Å². The number of hydrazone groups is 1. The Morgan fingerprint density at radius 2 is 1.15 bits per heavy atom. The third kappa shape index (κ3) is 23.7. The third-order valence-electron chi connectivity index (χ3n) is 21.7. The molecule has 1 aliphatic carbocycles. The van der Waals surface area contributed by atoms with E-state index in [0.717, 1.165) is 30.6 Å². The van der Waals surface area contributed by atoms with Crippen molar-refractivity contribution in [2.24, 2.45) is 5.10 Å². The normalized spacial score (nSPS) is 15.3. The van der Waals surface area contributed by atoms with Gasteiger partial charge in [-0.1, -0.05) is 256 Å². The first kappa shape index (κ1) is 82.1. The predicted molar refractivity (Wildman–Crippen MR) is 423 cm³/mol. The van der Waals surface area contributed by atoms with E-state index in [1.807, 2.05) is 0 Å². The van der Waals surface area contributed by atoms with Gasteiger partial charge in [0.05, 0.1) is 46.1 Å². The highest BCUT2D eigenvalue weighted by molar-refractivity contribution is 6.03. The second kappa shape index (κ2) is 43.8. The lowest BCUT2D eigenvalue weighted by Gasteiger charge is -2.27. The van der Waals surface area contributed by atoms with Gasteiger partial charge in [-0.3, -0.25) is 19.2 Å². The van der Waals surface area contributed by atoms with Gasteiger partial charge in [0.1, 0.15) is 6.54 Å². The van der Waals surface area contributed by atoms with Crippen molar-refractivity contribution in [1.82, 2.24) is 16.1 Å². The molecule has 14 heteroatoms. The summed E-state index contributed by atoms with van der Waals surface area (Å²) in [7, 11) is 5.99. The average Bonchev–Trinajstić information content (AvgIpc) is 1.55. The summed E-state index contributed by atoms with van der Waals surface area (Å²) in [6.07, 6.45) is 53.4. The number of rotatable bonds is 49. The molecular formula is C88H131N6O8+. The van der Waals surface area contributed by atoms with Gasteiger partial charge in [0, 0.05) is 84.9 Å².